The third kappa shape index (κ3) is 3.60. The lowest BCUT2D eigenvalue weighted by Gasteiger charge is -2.51. The Balaban J connectivity index is 1.87. The second kappa shape index (κ2) is 7.15. The fourth-order valence-electron chi connectivity index (χ4n) is 4.43. The van der Waals surface area contributed by atoms with E-state index in [4.69, 9.17) is 23.8 Å². The summed E-state index contributed by atoms with van der Waals surface area (Å²) in [5.74, 6) is -0.128. The molecule has 6 heteroatoms. The maximum atomic E-state index is 12.1. The summed E-state index contributed by atoms with van der Waals surface area (Å²) in [5.41, 5.74) is 4.52. The van der Waals surface area contributed by atoms with Gasteiger partial charge in [-0.1, -0.05) is 60.7 Å². The molecule has 2 aromatic carbocycles. The van der Waals surface area contributed by atoms with Gasteiger partial charge in [-0.25, -0.2) is 0 Å². The van der Waals surface area contributed by atoms with Gasteiger partial charge in [0.25, 0.3) is 5.91 Å². The molecule has 1 amide bonds. The number of hydrogen-bond acceptors (Lipinski definition) is 4. The van der Waals surface area contributed by atoms with Crippen LogP contribution in [0.25, 0.3) is 6.08 Å². The van der Waals surface area contributed by atoms with Crippen molar-refractivity contribution < 1.29 is 4.79 Å². The number of nitrogens with zero attached hydrogens (tertiary/aromatic N) is 1. The summed E-state index contributed by atoms with van der Waals surface area (Å²) in [6.07, 6.45) is 2.88. The Morgan fingerprint density at radius 2 is 1.86 bits per heavy atom. The van der Waals surface area contributed by atoms with Crippen LogP contribution in [0.2, 0.25) is 5.02 Å². The Bertz CT molecular complexity index is 1050. The van der Waals surface area contributed by atoms with Crippen LogP contribution < -0.4 is 10.2 Å². The van der Waals surface area contributed by atoms with Gasteiger partial charge in [0.15, 0.2) is 0 Å². The summed E-state index contributed by atoms with van der Waals surface area (Å²) in [4.78, 5) is 15.1. The summed E-state index contributed by atoms with van der Waals surface area (Å²) in [5, 5.41) is 3.42. The highest BCUT2D eigenvalue weighted by Gasteiger charge is 2.44. The zero-order chi connectivity index (χ0) is 21.0. The first-order valence-electron chi connectivity index (χ1n) is 9.49. The molecule has 0 aromatic heterocycles. The number of thioether (sulfide) groups is 1. The number of thiocarbonyl (C=S) groups is 1. The van der Waals surface area contributed by atoms with Gasteiger partial charge < -0.3 is 10.2 Å². The van der Waals surface area contributed by atoms with Gasteiger partial charge in [-0.2, -0.15) is 0 Å². The van der Waals surface area contributed by atoms with Crippen LogP contribution in [0, 0.1) is 0 Å². The maximum Gasteiger partial charge on any atom is 0.263 e. The number of benzene rings is 2. The first-order valence-corrected chi connectivity index (χ1v) is 11.1. The number of fused-ring (bicyclic) bond motifs is 1. The van der Waals surface area contributed by atoms with E-state index in [0.29, 0.717) is 9.23 Å². The molecule has 1 N–H and O–H groups in total. The zero-order valence-corrected chi connectivity index (χ0v) is 19.3. The number of halogens is 1. The highest BCUT2D eigenvalue weighted by atomic mass is 35.5. The Kier molecular flexibility index (Phi) is 5.04. The van der Waals surface area contributed by atoms with E-state index in [9.17, 15) is 4.79 Å². The van der Waals surface area contributed by atoms with Gasteiger partial charge in [0.1, 0.15) is 4.32 Å². The van der Waals surface area contributed by atoms with E-state index in [2.05, 4.69) is 68.4 Å². The summed E-state index contributed by atoms with van der Waals surface area (Å²) in [6, 6.07) is 14.6. The Hall–Kier alpha value is -1.82. The number of carbonyl (C=O) groups excluding carboxylic acids is 1. The molecule has 2 aromatic rings. The molecule has 2 aliphatic rings. The van der Waals surface area contributed by atoms with Crippen molar-refractivity contribution in [2.24, 2.45) is 0 Å². The lowest BCUT2D eigenvalue weighted by molar-refractivity contribution is -0.115. The molecule has 1 atom stereocenters. The van der Waals surface area contributed by atoms with E-state index < -0.39 is 0 Å². The largest absolute Gasteiger partial charge is 0.369 e. The van der Waals surface area contributed by atoms with Gasteiger partial charge in [-0.3, -0.25) is 4.79 Å². The van der Waals surface area contributed by atoms with Gasteiger partial charge in [0, 0.05) is 28.7 Å². The van der Waals surface area contributed by atoms with Crippen molar-refractivity contribution in [3.8, 4) is 0 Å². The topological polar surface area (TPSA) is 32.3 Å². The molecule has 1 unspecified atom stereocenters. The fraction of sp³-hybridized carbons (Fsp3) is 0.304. The lowest BCUT2D eigenvalue weighted by Crippen LogP contribution is -2.51. The number of rotatable bonds is 2. The Morgan fingerprint density at radius 1 is 1.17 bits per heavy atom. The molecule has 0 saturated carbocycles. The maximum absolute atomic E-state index is 12.1. The van der Waals surface area contributed by atoms with Crippen molar-refractivity contribution in [1.82, 2.24) is 5.32 Å². The number of nitrogens with one attached hydrogen (secondary N) is 1. The first kappa shape index (κ1) is 20.5. The van der Waals surface area contributed by atoms with Crippen LogP contribution in [0.5, 0.6) is 0 Å². The van der Waals surface area contributed by atoms with Crippen molar-refractivity contribution in [2.45, 2.75) is 38.1 Å². The Morgan fingerprint density at radius 3 is 2.48 bits per heavy atom. The van der Waals surface area contributed by atoms with Crippen molar-refractivity contribution in [1.29, 1.82) is 0 Å². The fourth-order valence-corrected chi connectivity index (χ4v) is 5.60. The molecule has 0 radical (unpaired) electrons. The van der Waals surface area contributed by atoms with Gasteiger partial charge in [0.05, 0.1) is 4.91 Å². The van der Waals surface area contributed by atoms with Crippen molar-refractivity contribution in [2.75, 3.05) is 11.9 Å². The molecule has 0 aliphatic carbocycles. The van der Waals surface area contributed by atoms with Crippen LogP contribution in [0.15, 0.2) is 47.4 Å². The van der Waals surface area contributed by atoms with Gasteiger partial charge in [-0.15, -0.1) is 0 Å². The van der Waals surface area contributed by atoms with Crippen LogP contribution in [0.3, 0.4) is 0 Å². The quantitative estimate of drug-likeness (QED) is 0.473. The number of amides is 1. The van der Waals surface area contributed by atoms with E-state index in [-0.39, 0.29) is 16.9 Å². The normalized spacial score (nSPS) is 24.6. The highest BCUT2D eigenvalue weighted by molar-refractivity contribution is 8.26. The second-order valence-corrected chi connectivity index (χ2v) is 10.7. The molecule has 3 nitrogen and oxygen atoms in total. The lowest BCUT2D eigenvalue weighted by atomic mass is 9.65. The van der Waals surface area contributed by atoms with E-state index in [1.807, 2.05) is 18.2 Å². The third-order valence-corrected chi connectivity index (χ3v) is 7.51. The average Bonchev–Trinajstić information content (AvgIpc) is 2.97. The predicted octanol–water partition coefficient (Wildman–Crippen LogP) is 5.75. The van der Waals surface area contributed by atoms with Crippen LogP contribution in [-0.4, -0.2) is 22.8 Å². The van der Waals surface area contributed by atoms with Gasteiger partial charge >= 0.3 is 0 Å². The number of carbonyl (C=O) groups is 1. The molecule has 29 heavy (non-hydrogen) atoms. The number of hydrogen-bond donors (Lipinski definition) is 1. The summed E-state index contributed by atoms with van der Waals surface area (Å²) in [6.45, 7) is 6.85. The van der Waals surface area contributed by atoms with Gasteiger partial charge in [0.2, 0.25) is 0 Å². The molecule has 150 valence electrons. The minimum Gasteiger partial charge on any atom is -0.369 e. The molecule has 2 aliphatic heterocycles. The van der Waals surface area contributed by atoms with Crippen molar-refractivity contribution >= 4 is 57.6 Å². The minimum absolute atomic E-state index is 0.00521. The summed E-state index contributed by atoms with van der Waals surface area (Å²) in [7, 11) is 2.15. The molecule has 4 rings (SSSR count). The highest BCUT2D eigenvalue weighted by Crippen LogP contribution is 2.50. The van der Waals surface area contributed by atoms with E-state index in [0.717, 1.165) is 17.0 Å². The summed E-state index contributed by atoms with van der Waals surface area (Å²) < 4.78 is 0.506. The number of anilines is 1. The zero-order valence-electron chi connectivity index (χ0n) is 16.9. The van der Waals surface area contributed by atoms with E-state index >= 15 is 0 Å². The van der Waals surface area contributed by atoms with Crippen LogP contribution in [0.4, 0.5) is 5.69 Å². The SMILES string of the molecule is CN1c2ccc(/C=C3/SC(=S)NC3=O)cc2C(C)(c2ccc(Cl)cc2)CC1(C)C. The molecule has 1 saturated heterocycles. The molecular weight excluding hydrogens is 420 g/mol. The molecule has 2 heterocycles. The standard InChI is InChI=1S/C23H23ClN2OS2/c1-22(2)13-23(3,15-6-8-16(24)9-7-15)17-11-14(5-10-18(17)26(22)4)12-19-20(27)25-21(28)29-19/h5-12H,13H2,1-4H3,(H,25,27,28)/b19-12+. The summed E-state index contributed by atoms with van der Waals surface area (Å²) >= 11 is 12.6. The van der Waals surface area contributed by atoms with Crippen molar-refractivity contribution in [3.05, 3.63) is 69.1 Å². The monoisotopic (exact) mass is 442 g/mol. The molecule has 0 bridgehead atoms. The van der Waals surface area contributed by atoms with Gasteiger partial charge in [-0.05, 0) is 67.3 Å². The van der Waals surface area contributed by atoms with E-state index in [1.54, 1.807) is 0 Å². The second-order valence-electron chi connectivity index (χ2n) is 8.52. The Labute approximate surface area is 186 Å². The van der Waals surface area contributed by atoms with E-state index in [1.165, 1.54) is 28.6 Å². The molecule has 1 fully saturated rings. The van der Waals surface area contributed by atoms with Crippen molar-refractivity contribution in [3.63, 3.8) is 0 Å². The van der Waals surface area contributed by atoms with Crippen LogP contribution in [0.1, 0.15) is 43.9 Å². The van der Waals surface area contributed by atoms with Crippen LogP contribution >= 0.6 is 35.6 Å². The molecular formula is C23H23ClN2OS2. The van der Waals surface area contributed by atoms with Crippen LogP contribution in [-0.2, 0) is 10.2 Å². The first-order chi connectivity index (χ1) is 13.6. The predicted molar refractivity (Wildman–Crippen MR) is 128 cm³/mol. The average molecular weight is 443 g/mol. The minimum atomic E-state index is -0.176. The smallest absolute Gasteiger partial charge is 0.263 e. The third-order valence-electron chi connectivity index (χ3n) is 6.09. The molecule has 0 spiro atoms.